The van der Waals surface area contributed by atoms with Crippen molar-refractivity contribution in [2.45, 2.75) is 6.92 Å². The average Bonchev–Trinajstić information content (AvgIpc) is 3.02. The third-order valence-corrected chi connectivity index (χ3v) is 3.50. The molecule has 0 radical (unpaired) electrons. The van der Waals surface area contributed by atoms with Crippen molar-refractivity contribution in [3.8, 4) is 0 Å². The van der Waals surface area contributed by atoms with Crippen LogP contribution in [0.5, 0.6) is 0 Å². The number of rotatable bonds is 6. The van der Waals surface area contributed by atoms with Crippen molar-refractivity contribution in [1.82, 2.24) is 15.2 Å². The van der Waals surface area contributed by atoms with Gasteiger partial charge in [0.15, 0.2) is 12.4 Å². The molecule has 0 saturated heterocycles. The highest BCUT2D eigenvalue weighted by molar-refractivity contribution is 5.95. The van der Waals surface area contributed by atoms with Crippen molar-refractivity contribution < 1.29 is 19.3 Å². The molecule has 0 aliphatic rings. The molecular weight excluding hydrogens is 342 g/mol. The minimum absolute atomic E-state index is 0.0710. The fourth-order valence-electron chi connectivity index (χ4n) is 2.20. The highest BCUT2D eigenvalue weighted by atomic mass is 16.7. The Bertz CT molecular complexity index is 996. The molecule has 3 rings (SSSR count). The first-order valence-electron chi connectivity index (χ1n) is 7.48. The van der Waals surface area contributed by atoms with Crippen LogP contribution in [0, 0.1) is 10.1 Å². The quantitative estimate of drug-likeness (QED) is 0.404. The summed E-state index contributed by atoms with van der Waals surface area (Å²) in [5, 5.41) is 21.0. The van der Waals surface area contributed by atoms with Crippen molar-refractivity contribution in [1.29, 1.82) is 0 Å². The standard InChI is InChI=1S/C16H13N5O5/c1-10(22)11-2-4-12(5-3-11)17-16(23)9-26-20-15-8-13(21(24)25)6-7-14(15)18-19-20/h2-8H,9H2,1H3,(H,17,23). The Morgan fingerprint density at radius 3 is 2.62 bits per heavy atom. The summed E-state index contributed by atoms with van der Waals surface area (Å²) >= 11 is 0. The lowest BCUT2D eigenvalue weighted by molar-refractivity contribution is -0.384. The lowest BCUT2D eigenvalue weighted by Gasteiger charge is -2.07. The molecule has 10 heteroatoms. The fourth-order valence-corrected chi connectivity index (χ4v) is 2.20. The molecule has 0 unspecified atom stereocenters. The monoisotopic (exact) mass is 355 g/mol. The van der Waals surface area contributed by atoms with Crippen molar-refractivity contribution in [2.75, 3.05) is 11.9 Å². The summed E-state index contributed by atoms with van der Waals surface area (Å²) in [6.45, 7) is 1.07. The molecule has 0 atom stereocenters. The van der Waals surface area contributed by atoms with Crippen LogP contribution in [0.25, 0.3) is 11.0 Å². The Kier molecular flexibility index (Phi) is 4.56. The van der Waals surface area contributed by atoms with E-state index < -0.39 is 10.8 Å². The summed E-state index contributed by atoms with van der Waals surface area (Å²) in [4.78, 5) is 39.7. The molecule has 0 aliphatic heterocycles. The van der Waals surface area contributed by atoms with Gasteiger partial charge in [-0.1, -0.05) is 4.85 Å². The molecule has 1 aromatic heterocycles. The van der Waals surface area contributed by atoms with Crippen molar-refractivity contribution in [3.63, 3.8) is 0 Å². The molecule has 0 saturated carbocycles. The number of nitro benzene ring substituents is 1. The van der Waals surface area contributed by atoms with E-state index in [1.165, 1.54) is 25.1 Å². The number of aromatic nitrogens is 3. The number of nitrogens with zero attached hydrogens (tertiary/aromatic N) is 4. The van der Waals surface area contributed by atoms with E-state index in [0.717, 1.165) is 4.85 Å². The van der Waals surface area contributed by atoms with Crippen molar-refractivity contribution in [2.24, 2.45) is 0 Å². The first-order chi connectivity index (χ1) is 12.4. The summed E-state index contributed by atoms with van der Waals surface area (Å²) < 4.78 is 0. The van der Waals surface area contributed by atoms with Gasteiger partial charge in [-0.05, 0) is 42.5 Å². The summed E-state index contributed by atoms with van der Waals surface area (Å²) in [5.74, 6) is -0.534. The van der Waals surface area contributed by atoms with Crippen LogP contribution >= 0.6 is 0 Å². The van der Waals surface area contributed by atoms with Gasteiger partial charge < -0.3 is 10.2 Å². The van der Waals surface area contributed by atoms with Crippen LogP contribution in [0.15, 0.2) is 42.5 Å². The Hall–Kier alpha value is -3.82. The first-order valence-corrected chi connectivity index (χ1v) is 7.48. The van der Waals surface area contributed by atoms with Crippen LogP contribution < -0.4 is 10.2 Å². The Labute approximate surface area is 146 Å². The van der Waals surface area contributed by atoms with E-state index in [9.17, 15) is 19.7 Å². The van der Waals surface area contributed by atoms with Crippen LogP contribution in [-0.2, 0) is 4.79 Å². The molecule has 10 nitrogen and oxygen atoms in total. The average molecular weight is 355 g/mol. The summed E-state index contributed by atoms with van der Waals surface area (Å²) in [6, 6.07) is 10.4. The smallest absolute Gasteiger partial charge is 0.271 e. The molecule has 0 fully saturated rings. The number of anilines is 1. The zero-order chi connectivity index (χ0) is 18.7. The van der Waals surface area contributed by atoms with E-state index in [4.69, 9.17) is 4.84 Å². The molecule has 3 aromatic rings. The zero-order valence-electron chi connectivity index (χ0n) is 13.6. The predicted molar refractivity (Wildman–Crippen MR) is 90.7 cm³/mol. The second kappa shape index (κ2) is 6.97. The SMILES string of the molecule is CC(=O)c1ccc(NC(=O)COn2nnc3ccc([N+](=O)[O-])cc32)cc1. The number of fused-ring (bicyclic) bond motifs is 1. The first kappa shape index (κ1) is 17.0. The van der Waals surface area contributed by atoms with Gasteiger partial charge in [0, 0.05) is 23.4 Å². The number of benzene rings is 2. The molecular formula is C16H13N5O5. The van der Waals surface area contributed by atoms with Gasteiger partial charge in [0.25, 0.3) is 11.6 Å². The van der Waals surface area contributed by atoms with Gasteiger partial charge >= 0.3 is 0 Å². The van der Waals surface area contributed by atoms with Crippen LogP contribution in [0.1, 0.15) is 17.3 Å². The molecule has 0 bridgehead atoms. The van der Waals surface area contributed by atoms with Crippen LogP contribution in [0.3, 0.4) is 0 Å². The highest BCUT2D eigenvalue weighted by Gasteiger charge is 2.13. The van der Waals surface area contributed by atoms with Crippen molar-refractivity contribution in [3.05, 3.63) is 58.1 Å². The maximum Gasteiger partial charge on any atom is 0.271 e. The minimum Gasteiger partial charge on any atom is -0.385 e. The number of carbonyl (C=O) groups is 2. The molecule has 2 aromatic carbocycles. The van der Waals surface area contributed by atoms with E-state index in [1.807, 2.05) is 0 Å². The van der Waals surface area contributed by atoms with Gasteiger partial charge in [0.05, 0.1) is 4.92 Å². The maximum atomic E-state index is 12.0. The van der Waals surface area contributed by atoms with Gasteiger partial charge in [0.1, 0.15) is 11.0 Å². The van der Waals surface area contributed by atoms with E-state index >= 15 is 0 Å². The number of ketones is 1. The third-order valence-electron chi connectivity index (χ3n) is 3.50. The second-order valence-electron chi connectivity index (χ2n) is 5.35. The number of Topliss-reactive ketones (excluding diaryl/α,β-unsaturated/α-hetero) is 1. The number of hydrogen-bond donors (Lipinski definition) is 1. The fraction of sp³-hybridized carbons (Fsp3) is 0.125. The lowest BCUT2D eigenvalue weighted by atomic mass is 10.1. The number of hydrogen-bond acceptors (Lipinski definition) is 7. The summed E-state index contributed by atoms with van der Waals surface area (Å²) in [7, 11) is 0. The maximum absolute atomic E-state index is 12.0. The minimum atomic E-state index is -0.547. The van der Waals surface area contributed by atoms with E-state index in [0.29, 0.717) is 16.8 Å². The summed E-state index contributed by atoms with van der Waals surface area (Å²) in [5.41, 5.74) is 1.57. The lowest BCUT2D eigenvalue weighted by Crippen LogP contribution is -2.26. The van der Waals surface area contributed by atoms with Crippen LogP contribution in [0.2, 0.25) is 0 Å². The molecule has 132 valence electrons. The van der Waals surface area contributed by atoms with E-state index in [2.05, 4.69) is 15.6 Å². The number of amides is 1. The Balaban J connectivity index is 1.65. The summed E-state index contributed by atoms with van der Waals surface area (Å²) in [6.07, 6.45) is 0. The molecule has 0 aliphatic carbocycles. The van der Waals surface area contributed by atoms with Gasteiger partial charge in [-0.2, -0.15) is 0 Å². The van der Waals surface area contributed by atoms with E-state index in [-0.39, 0.29) is 23.6 Å². The molecule has 1 amide bonds. The Morgan fingerprint density at radius 1 is 1.23 bits per heavy atom. The van der Waals surface area contributed by atoms with Crippen LogP contribution in [-0.4, -0.2) is 38.4 Å². The van der Waals surface area contributed by atoms with Crippen molar-refractivity contribution >= 4 is 34.1 Å². The molecule has 26 heavy (non-hydrogen) atoms. The van der Waals surface area contributed by atoms with Gasteiger partial charge in [-0.25, -0.2) is 0 Å². The normalized spacial score (nSPS) is 10.5. The number of nitrogens with one attached hydrogen (secondary N) is 1. The Morgan fingerprint density at radius 2 is 1.96 bits per heavy atom. The molecule has 0 spiro atoms. The van der Waals surface area contributed by atoms with Gasteiger partial charge in [-0.15, -0.1) is 5.10 Å². The zero-order valence-corrected chi connectivity index (χ0v) is 13.6. The second-order valence-corrected chi connectivity index (χ2v) is 5.35. The van der Waals surface area contributed by atoms with Gasteiger partial charge in [-0.3, -0.25) is 19.7 Å². The highest BCUT2D eigenvalue weighted by Crippen LogP contribution is 2.18. The van der Waals surface area contributed by atoms with Gasteiger partial charge in [0.2, 0.25) is 0 Å². The molecule has 1 heterocycles. The molecule has 1 N–H and O–H groups in total. The number of nitro groups is 1. The topological polar surface area (TPSA) is 129 Å². The number of non-ortho nitro benzene ring substituents is 1. The third kappa shape index (κ3) is 3.64. The predicted octanol–water partition coefficient (Wildman–Crippen LogP) is 1.61. The van der Waals surface area contributed by atoms with Crippen LogP contribution in [0.4, 0.5) is 11.4 Å². The number of carbonyl (C=O) groups excluding carboxylic acids is 2. The van der Waals surface area contributed by atoms with E-state index in [1.54, 1.807) is 24.3 Å². The largest absolute Gasteiger partial charge is 0.385 e.